The number of carbonyl (C=O) groups excluding carboxylic acids is 1. The van der Waals surface area contributed by atoms with Crippen LogP contribution in [-0.4, -0.2) is 31.2 Å². The van der Waals surface area contributed by atoms with Crippen LogP contribution in [-0.2, 0) is 21.5 Å². The summed E-state index contributed by atoms with van der Waals surface area (Å²) in [6.07, 6.45) is 0. The largest absolute Gasteiger partial charge is 0.398 e. The normalized spacial score (nSPS) is 12.0. The maximum atomic E-state index is 12.2. The van der Waals surface area contributed by atoms with Gasteiger partial charge in [0.1, 0.15) is 0 Å². The van der Waals surface area contributed by atoms with Crippen LogP contribution < -0.4 is 16.2 Å². The highest BCUT2D eigenvalue weighted by molar-refractivity contribution is 7.87. The van der Waals surface area contributed by atoms with Crippen LogP contribution in [0.15, 0.2) is 24.3 Å². The zero-order valence-corrected chi connectivity index (χ0v) is 12.4. The summed E-state index contributed by atoms with van der Waals surface area (Å²) in [5.41, 5.74) is 12.0. The van der Waals surface area contributed by atoms with Crippen molar-refractivity contribution in [2.24, 2.45) is 5.73 Å². The molecule has 1 amide bonds. The molecule has 0 spiro atoms. The van der Waals surface area contributed by atoms with Gasteiger partial charge in [0.05, 0.1) is 6.54 Å². The Morgan fingerprint density at radius 3 is 2.45 bits per heavy atom. The highest BCUT2D eigenvalue weighted by Gasteiger charge is 2.25. The number of nitrogens with zero attached hydrogens (tertiary/aromatic N) is 1. The van der Waals surface area contributed by atoms with Crippen molar-refractivity contribution < 1.29 is 13.2 Å². The molecular weight excluding hydrogens is 280 g/mol. The Morgan fingerprint density at radius 2 is 1.95 bits per heavy atom. The maximum absolute atomic E-state index is 12.2. The second kappa shape index (κ2) is 6.69. The van der Waals surface area contributed by atoms with E-state index in [4.69, 9.17) is 11.5 Å². The lowest BCUT2D eigenvalue weighted by molar-refractivity contribution is -0.118. The molecule has 0 aliphatic heterocycles. The molecule has 0 bridgehead atoms. The minimum absolute atomic E-state index is 0.0162. The Kier molecular flexibility index (Phi) is 5.49. The van der Waals surface area contributed by atoms with Crippen molar-refractivity contribution in [1.29, 1.82) is 0 Å². The first kappa shape index (κ1) is 16.4. The van der Waals surface area contributed by atoms with Crippen LogP contribution in [0, 0.1) is 0 Å². The predicted octanol–water partition coefficient (Wildman–Crippen LogP) is -0.201. The van der Waals surface area contributed by atoms with Gasteiger partial charge in [-0.05, 0) is 25.5 Å². The Morgan fingerprint density at radius 1 is 1.35 bits per heavy atom. The van der Waals surface area contributed by atoms with E-state index in [-0.39, 0.29) is 12.6 Å². The molecule has 7 nitrogen and oxygen atoms in total. The molecule has 0 saturated heterocycles. The fourth-order valence-corrected chi connectivity index (χ4v) is 2.99. The van der Waals surface area contributed by atoms with Gasteiger partial charge in [0.25, 0.3) is 10.2 Å². The lowest BCUT2D eigenvalue weighted by Gasteiger charge is -2.23. The topological polar surface area (TPSA) is 119 Å². The number of carbonyl (C=O) groups is 1. The first-order valence-corrected chi connectivity index (χ1v) is 7.55. The van der Waals surface area contributed by atoms with Gasteiger partial charge in [-0.1, -0.05) is 18.2 Å². The number of benzene rings is 1. The minimum atomic E-state index is -3.80. The fraction of sp³-hybridized carbons (Fsp3) is 0.417. The number of nitrogen functional groups attached to an aromatic ring is 1. The van der Waals surface area contributed by atoms with Gasteiger partial charge in [-0.2, -0.15) is 17.4 Å². The maximum Gasteiger partial charge on any atom is 0.280 e. The third-order valence-electron chi connectivity index (χ3n) is 2.46. The van der Waals surface area contributed by atoms with Crippen molar-refractivity contribution in [3.05, 3.63) is 29.8 Å². The zero-order chi connectivity index (χ0) is 15.3. The molecule has 0 aromatic heterocycles. The second-order valence-electron chi connectivity index (χ2n) is 4.71. The van der Waals surface area contributed by atoms with E-state index in [1.807, 2.05) is 0 Å². The van der Waals surface area contributed by atoms with Crippen molar-refractivity contribution in [1.82, 2.24) is 9.03 Å². The van der Waals surface area contributed by atoms with E-state index in [0.717, 1.165) is 4.31 Å². The van der Waals surface area contributed by atoms with Crippen LogP contribution in [0.5, 0.6) is 0 Å². The second-order valence-corrected chi connectivity index (χ2v) is 6.41. The number of nitrogens with two attached hydrogens (primary N) is 2. The number of para-hydroxylation sites is 1. The number of primary amides is 1. The van der Waals surface area contributed by atoms with Crippen LogP contribution in [0.1, 0.15) is 19.4 Å². The minimum Gasteiger partial charge on any atom is -0.398 e. The summed E-state index contributed by atoms with van der Waals surface area (Å²) < 4.78 is 27.7. The Hall–Kier alpha value is -1.64. The highest BCUT2D eigenvalue weighted by atomic mass is 32.2. The molecule has 0 atom stereocenters. The summed E-state index contributed by atoms with van der Waals surface area (Å²) >= 11 is 0. The van der Waals surface area contributed by atoms with Crippen molar-refractivity contribution in [2.45, 2.75) is 26.4 Å². The molecule has 0 aliphatic rings. The molecule has 5 N–H and O–H groups in total. The van der Waals surface area contributed by atoms with Gasteiger partial charge in [-0.25, -0.2) is 0 Å². The van der Waals surface area contributed by atoms with E-state index in [0.29, 0.717) is 11.3 Å². The molecule has 0 radical (unpaired) electrons. The molecule has 1 rings (SSSR count). The summed E-state index contributed by atoms with van der Waals surface area (Å²) in [5, 5.41) is 0. The zero-order valence-electron chi connectivity index (χ0n) is 11.5. The summed E-state index contributed by atoms with van der Waals surface area (Å²) in [6.45, 7) is 2.96. The summed E-state index contributed by atoms with van der Waals surface area (Å²) in [7, 11) is -3.80. The van der Waals surface area contributed by atoms with Crippen molar-refractivity contribution >= 4 is 21.8 Å². The SMILES string of the molecule is CC(C)NS(=O)(=O)N(CC(N)=O)Cc1ccccc1N. The fourth-order valence-electron chi connectivity index (χ4n) is 1.64. The molecule has 112 valence electrons. The van der Waals surface area contributed by atoms with Gasteiger partial charge in [0, 0.05) is 18.3 Å². The van der Waals surface area contributed by atoms with Crippen molar-refractivity contribution in [3.8, 4) is 0 Å². The molecule has 0 aliphatic carbocycles. The van der Waals surface area contributed by atoms with Crippen LogP contribution in [0.25, 0.3) is 0 Å². The van der Waals surface area contributed by atoms with Gasteiger partial charge < -0.3 is 11.5 Å². The van der Waals surface area contributed by atoms with Gasteiger partial charge in [-0.15, -0.1) is 0 Å². The molecule has 20 heavy (non-hydrogen) atoms. The Bertz CT molecular complexity index is 572. The molecule has 0 unspecified atom stereocenters. The summed E-state index contributed by atoms with van der Waals surface area (Å²) in [6, 6.07) is 6.58. The molecule has 0 fully saturated rings. The quantitative estimate of drug-likeness (QED) is 0.604. The van der Waals surface area contributed by atoms with E-state index in [9.17, 15) is 13.2 Å². The van der Waals surface area contributed by atoms with E-state index in [1.54, 1.807) is 38.1 Å². The summed E-state index contributed by atoms with van der Waals surface area (Å²) in [4.78, 5) is 11.1. The van der Waals surface area contributed by atoms with E-state index in [2.05, 4.69) is 4.72 Å². The van der Waals surface area contributed by atoms with Crippen LogP contribution in [0.2, 0.25) is 0 Å². The molecule has 8 heteroatoms. The smallest absolute Gasteiger partial charge is 0.280 e. The van der Waals surface area contributed by atoms with E-state index >= 15 is 0 Å². The van der Waals surface area contributed by atoms with E-state index < -0.39 is 22.7 Å². The highest BCUT2D eigenvalue weighted by Crippen LogP contribution is 2.15. The Balaban J connectivity index is 3.02. The first-order chi connectivity index (χ1) is 9.22. The average molecular weight is 300 g/mol. The first-order valence-electron chi connectivity index (χ1n) is 6.11. The molecule has 0 saturated carbocycles. The number of hydrogen-bond acceptors (Lipinski definition) is 4. The number of amides is 1. The van der Waals surface area contributed by atoms with Gasteiger partial charge in [-0.3, -0.25) is 4.79 Å². The van der Waals surface area contributed by atoms with Crippen molar-refractivity contribution in [2.75, 3.05) is 12.3 Å². The molecule has 1 aromatic carbocycles. The lowest BCUT2D eigenvalue weighted by Crippen LogP contribution is -2.46. The average Bonchev–Trinajstić information content (AvgIpc) is 2.28. The number of rotatable bonds is 7. The monoisotopic (exact) mass is 300 g/mol. The standard InChI is InChI=1S/C12H20N4O3S/c1-9(2)15-20(18,19)16(8-12(14)17)7-10-5-3-4-6-11(10)13/h3-6,9,15H,7-8,13H2,1-2H3,(H2,14,17). The van der Waals surface area contributed by atoms with Crippen LogP contribution in [0.3, 0.4) is 0 Å². The third kappa shape index (κ3) is 4.80. The number of anilines is 1. The molecule has 0 heterocycles. The molecule has 1 aromatic rings. The van der Waals surface area contributed by atoms with Crippen LogP contribution in [0.4, 0.5) is 5.69 Å². The number of hydrogen-bond donors (Lipinski definition) is 3. The Labute approximate surface area is 119 Å². The van der Waals surface area contributed by atoms with Gasteiger partial charge in [0.15, 0.2) is 0 Å². The summed E-state index contributed by atoms with van der Waals surface area (Å²) in [5.74, 6) is -0.728. The predicted molar refractivity (Wildman–Crippen MR) is 77.7 cm³/mol. The van der Waals surface area contributed by atoms with E-state index in [1.165, 1.54) is 0 Å². The van der Waals surface area contributed by atoms with Crippen molar-refractivity contribution in [3.63, 3.8) is 0 Å². The number of nitrogens with one attached hydrogen (secondary N) is 1. The van der Waals surface area contributed by atoms with Crippen LogP contribution >= 0.6 is 0 Å². The lowest BCUT2D eigenvalue weighted by atomic mass is 10.2. The third-order valence-corrected chi connectivity index (χ3v) is 4.17. The van der Waals surface area contributed by atoms with Gasteiger partial charge in [0.2, 0.25) is 5.91 Å². The molecular formula is C12H20N4O3S. The van der Waals surface area contributed by atoms with Gasteiger partial charge >= 0.3 is 0 Å².